The maximum absolute atomic E-state index is 5.89. The Hall–Kier alpha value is 0.320. The van der Waals surface area contributed by atoms with E-state index >= 15 is 0 Å². The molecule has 2 fully saturated rings. The number of nitrogens with zero attached hydrogens (tertiary/aromatic N) is 2. The number of hydrogen-bond donors (Lipinski definition) is 0. The van der Waals surface area contributed by atoms with E-state index in [1.165, 1.54) is 0 Å². The van der Waals surface area contributed by atoms with Gasteiger partial charge >= 0.3 is 0 Å². The van der Waals surface area contributed by atoms with Crippen LogP contribution in [0.4, 0.5) is 0 Å². The summed E-state index contributed by atoms with van der Waals surface area (Å²) in [5, 5.41) is 0.924. The van der Waals surface area contributed by atoms with Gasteiger partial charge in [-0.25, -0.2) is 0 Å². The molecule has 2 heterocycles. The van der Waals surface area contributed by atoms with Gasteiger partial charge in [-0.15, -0.1) is 0 Å². The first-order chi connectivity index (χ1) is 8.69. The van der Waals surface area contributed by atoms with Crippen molar-refractivity contribution in [1.29, 1.82) is 0 Å². The van der Waals surface area contributed by atoms with Gasteiger partial charge in [0, 0.05) is 44.1 Å². The fraction of sp³-hybridized carbons (Fsp3) is 1.00. The lowest BCUT2D eigenvalue weighted by atomic mass is 10.2. The van der Waals surface area contributed by atoms with Gasteiger partial charge in [-0.3, -0.25) is 9.80 Å². The summed E-state index contributed by atoms with van der Waals surface area (Å²) in [6.07, 6.45) is 0.693. The maximum atomic E-state index is 5.89. The minimum absolute atomic E-state index is 0.337. The summed E-state index contributed by atoms with van der Waals surface area (Å²) in [6.45, 7) is 11.5. The largest absolute Gasteiger partial charge is 0.375 e. The van der Waals surface area contributed by atoms with E-state index in [0.717, 1.165) is 51.3 Å². The lowest BCUT2D eigenvalue weighted by molar-refractivity contribution is -0.0747. The van der Waals surface area contributed by atoms with Crippen LogP contribution < -0.4 is 0 Å². The molecule has 0 radical (unpaired) electrons. The normalized spacial score (nSPS) is 32.0. The number of ether oxygens (including phenoxy) is 2. The molecule has 4 nitrogen and oxygen atoms in total. The van der Waals surface area contributed by atoms with Gasteiger partial charge in [0.2, 0.25) is 0 Å². The van der Waals surface area contributed by atoms with Crippen molar-refractivity contribution in [2.45, 2.75) is 32.1 Å². The molecule has 2 aliphatic heterocycles. The number of alkyl halides is 1. The van der Waals surface area contributed by atoms with Gasteiger partial charge in [0.1, 0.15) is 0 Å². The monoisotopic (exact) mass is 320 g/mol. The van der Waals surface area contributed by atoms with Crippen LogP contribution in [0.5, 0.6) is 0 Å². The third-order valence-electron chi connectivity index (χ3n) is 3.76. The highest BCUT2D eigenvalue weighted by molar-refractivity contribution is 9.09. The fourth-order valence-corrected chi connectivity index (χ4v) is 3.04. The molecule has 2 unspecified atom stereocenters. The lowest BCUT2D eigenvalue weighted by Crippen LogP contribution is -2.52. The van der Waals surface area contributed by atoms with E-state index in [2.05, 4.69) is 39.6 Å². The van der Waals surface area contributed by atoms with Crippen molar-refractivity contribution >= 4 is 15.9 Å². The Morgan fingerprint density at radius 2 is 1.83 bits per heavy atom. The summed E-state index contributed by atoms with van der Waals surface area (Å²) in [5.41, 5.74) is 0. The highest BCUT2D eigenvalue weighted by Gasteiger charge is 2.26. The second-order valence-corrected chi connectivity index (χ2v) is 6.14. The standard InChI is InChI=1S/C13H25BrN2O2/c1-11(2)16-4-6-18-13(10-16)9-15-3-5-17-12(7-14)8-15/h11-13H,3-10H2,1-2H3. The minimum atomic E-state index is 0.337. The first-order valence-corrected chi connectivity index (χ1v) is 8.06. The maximum Gasteiger partial charge on any atom is 0.0829 e. The SMILES string of the molecule is CC(C)N1CCOC(CN2CCOC(CBr)C2)C1. The molecule has 0 aromatic rings. The van der Waals surface area contributed by atoms with E-state index in [1.807, 2.05) is 0 Å². The van der Waals surface area contributed by atoms with E-state index in [4.69, 9.17) is 9.47 Å². The molecular weight excluding hydrogens is 296 g/mol. The Kier molecular flexibility index (Phi) is 5.89. The van der Waals surface area contributed by atoms with Crippen molar-refractivity contribution in [2.24, 2.45) is 0 Å². The minimum Gasteiger partial charge on any atom is -0.375 e. The zero-order valence-corrected chi connectivity index (χ0v) is 13.1. The van der Waals surface area contributed by atoms with Gasteiger partial charge in [-0.05, 0) is 13.8 Å². The second-order valence-electron chi connectivity index (χ2n) is 5.49. The quantitative estimate of drug-likeness (QED) is 0.726. The summed E-state index contributed by atoms with van der Waals surface area (Å²) in [7, 11) is 0. The van der Waals surface area contributed by atoms with Crippen LogP contribution in [0.3, 0.4) is 0 Å². The van der Waals surface area contributed by atoms with Crippen LogP contribution in [0.25, 0.3) is 0 Å². The van der Waals surface area contributed by atoms with Gasteiger partial charge in [-0.2, -0.15) is 0 Å². The Labute approximate surface area is 119 Å². The third kappa shape index (κ3) is 4.17. The van der Waals surface area contributed by atoms with Crippen molar-refractivity contribution in [1.82, 2.24) is 9.80 Å². The molecular formula is C13H25BrN2O2. The molecule has 0 aromatic heterocycles. The van der Waals surface area contributed by atoms with Crippen LogP contribution in [-0.4, -0.2) is 79.3 Å². The van der Waals surface area contributed by atoms with Gasteiger partial charge in [0.25, 0.3) is 0 Å². The zero-order chi connectivity index (χ0) is 13.0. The Bertz CT molecular complexity index is 253. The summed E-state index contributed by atoms with van der Waals surface area (Å²) in [4.78, 5) is 4.99. The Balaban J connectivity index is 1.78. The van der Waals surface area contributed by atoms with E-state index in [0.29, 0.717) is 18.2 Å². The van der Waals surface area contributed by atoms with E-state index < -0.39 is 0 Å². The summed E-state index contributed by atoms with van der Waals surface area (Å²) in [5.74, 6) is 0. The van der Waals surface area contributed by atoms with Gasteiger partial charge in [0.05, 0.1) is 25.4 Å². The number of morpholine rings is 2. The van der Waals surface area contributed by atoms with Crippen molar-refractivity contribution in [3.8, 4) is 0 Å². The molecule has 18 heavy (non-hydrogen) atoms. The van der Waals surface area contributed by atoms with Crippen LogP contribution in [0.15, 0.2) is 0 Å². The van der Waals surface area contributed by atoms with E-state index in [-0.39, 0.29) is 0 Å². The highest BCUT2D eigenvalue weighted by Crippen LogP contribution is 2.13. The summed E-state index contributed by atoms with van der Waals surface area (Å²) < 4.78 is 11.6. The molecule has 0 N–H and O–H groups in total. The Morgan fingerprint density at radius 3 is 2.56 bits per heavy atom. The molecule has 0 amide bonds. The second kappa shape index (κ2) is 7.20. The first kappa shape index (κ1) is 14.7. The smallest absolute Gasteiger partial charge is 0.0829 e. The molecule has 0 aromatic carbocycles. The molecule has 2 rings (SSSR count). The molecule has 0 spiro atoms. The molecule has 0 bridgehead atoms. The molecule has 0 aliphatic carbocycles. The number of halogens is 1. The zero-order valence-electron chi connectivity index (χ0n) is 11.5. The molecule has 5 heteroatoms. The van der Waals surface area contributed by atoms with Gasteiger partial charge < -0.3 is 9.47 Å². The average Bonchev–Trinajstić information content (AvgIpc) is 2.39. The van der Waals surface area contributed by atoms with Crippen molar-refractivity contribution in [2.75, 3.05) is 51.3 Å². The predicted octanol–water partition coefficient (Wildman–Crippen LogP) is 1.19. The average molecular weight is 321 g/mol. The lowest BCUT2D eigenvalue weighted by Gasteiger charge is -2.39. The number of rotatable bonds is 4. The molecule has 0 saturated carbocycles. The fourth-order valence-electron chi connectivity index (χ4n) is 2.65. The topological polar surface area (TPSA) is 24.9 Å². The van der Waals surface area contributed by atoms with Crippen LogP contribution in [0.2, 0.25) is 0 Å². The Morgan fingerprint density at radius 1 is 1.11 bits per heavy atom. The van der Waals surface area contributed by atoms with Crippen LogP contribution in [0.1, 0.15) is 13.8 Å². The third-order valence-corrected chi connectivity index (χ3v) is 4.48. The van der Waals surface area contributed by atoms with Crippen LogP contribution in [-0.2, 0) is 9.47 Å². The first-order valence-electron chi connectivity index (χ1n) is 6.94. The van der Waals surface area contributed by atoms with E-state index in [9.17, 15) is 0 Å². The summed E-state index contributed by atoms with van der Waals surface area (Å²) >= 11 is 3.50. The van der Waals surface area contributed by atoms with Crippen molar-refractivity contribution in [3.63, 3.8) is 0 Å². The predicted molar refractivity (Wildman–Crippen MR) is 76.4 cm³/mol. The summed E-state index contributed by atoms with van der Waals surface area (Å²) in [6, 6.07) is 0.622. The van der Waals surface area contributed by atoms with Crippen LogP contribution in [0, 0.1) is 0 Å². The van der Waals surface area contributed by atoms with Gasteiger partial charge in [0.15, 0.2) is 0 Å². The van der Waals surface area contributed by atoms with E-state index in [1.54, 1.807) is 0 Å². The van der Waals surface area contributed by atoms with Crippen molar-refractivity contribution < 1.29 is 9.47 Å². The number of hydrogen-bond acceptors (Lipinski definition) is 4. The molecule has 2 saturated heterocycles. The molecule has 2 atom stereocenters. The molecule has 2 aliphatic rings. The van der Waals surface area contributed by atoms with Gasteiger partial charge in [-0.1, -0.05) is 15.9 Å². The highest BCUT2D eigenvalue weighted by atomic mass is 79.9. The van der Waals surface area contributed by atoms with Crippen LogP contribution >= 0.6 is 15.9 Å². The van der Waals surface area contributed by atoms with Crippen molar-refractivity contribution in [3.05, 3.63) is 0 Å². The molecule has 106 valence electrons.